The maximum atomic E-state index is 15.1. The Labute approximate surface area is 318 Å². The highest BCUT2D eigenvalue weighted by molar-refractivity contribution is 9.09. The lowest BCUT2D eigenvalue weighted by Crippen LogP contribution is -2.61. The molecule has 288 valence electrons. The van der Waals surface area contributed by atoms with Gasteiger partial charge in [-0.1, -0.05) is 92.0 Å². The van der Waals surface area contributed by atoms with Crippen LogP contribution in [0.3, 0.4) is 0 Å². The SMILES string of the molecule is C=CCCC(=O)N[C@H](C)[C@@H](OC(=O)[C@@H]1[C@H]2O[C@@]3(CC2Br)[C@H](C(=O)N(CC=C)C(C)(C)CC(C)(C)C)N(CCCCCCO)C(=O)[C@@H]13)c1ccccc1. The van der Waals surface area contributed by atoms with Crippen LogP contribution >= 0.6 is 15.9 Å². The number of benzene rings is 1. The van der Waals surface area contributed by atoms with E-state index in [1.54, 1.807) is 24.0 Å². The van der Waals surface area contributed by atoms with E-state index < -0.39 is 53.2 Å². The first-order valence-corrected chi connectivity index (χ1v) is 19.8. The number of nitrogens with zero attached hydrogens (tertiary/aromatic N) is 2. The molecule has 1 aromatic carbocycles. The fourth-order valence-corrected chi connectivity index (χ4v) is 9.85. The fraction of sp³-hybridized carbons (Fsp3) is 0.659. The molecule has 3 aliphatic rings. The second kappa shape index (κ2) is 17.4. The predicted molar refractivity (Wildman–Crippen MR) is 205 cm³/mol. The summed E-state index contributed by atoms with van der Waals surface area (Å²) in [6.45, 7) is 20.7. The summed E-state index contributed by atoms with van der Waals surface area (Å²) in [7, 11) is 0. The number of aliphatic hydroxyl groups excluding tert-OH is 1. The summed E-state index contributed by atoms with van der Waals surface area (Å²) in [6.07, 6.45) is 6.62. The number of aliphatic hydroxyl groups is 1. The molecule has 11 heteroatoms. The Bertz CT molecular complexity index is 1450. The van der Waals surface area contributed by atoms with E-state index in [1.165, 1.54) is 0 Å². The van der Waals surface area contributed by atoms with Crippen molar-refractivity contribution in [3.8, 4) is 0 Å². The van der Waals surface area contributed by atoms with E-state index in [4.69, 9.17) is 9.47 Å². The lowest BCUT2D eigenvalue weighted by molar-refractivity contribution is -0.162. The Morgan fingerprint density at radius 2 is 1.79 bits per heavy atom. The number of amides is 3. The van der Waals surface area contributed by atoms with Gasteiger partial charge in [0.05, 0.1) is 24.0 Å². The van der Waals surface area contributed by atoms with Crippen LogP contribution in [0.2, 0.25) is 0 Å². The maximum Gasteiger partial charge on any atom is 0.313 e. The van der Waals surface area contributed by atoms with Crippen LogP contribution in [-0.4, -0.2) is 92.4 Å². The molecule has 3 aliphatic heterocycles. The van der Waals surface area contributed by atoms with Crippen LogP contribution < -0.4 is 5.32 Å². The lowest BCUT2D eigenvalue weighted by Gasteiger charge is -2.45. The van der Waals surface area contributed by atoms with Gasteiger partial charge in [-0.2, -0.15) is 0 Å². The smallest absolute Gasteiger partial charge is 0.313 e. The van der Waals surface area contributed by atoms with Gasteiger partial charge in [0.25, 0.3) is 0 Å². The molecule has 8 atom stereocenters. The van der Waals surface area contributed by atoms with E-state index in [9.17, 15) is 19.5 Å². The maximum absolute atomic E-state index is 15.1. The van der Waals surface area contributed by atoms with Gasteiger partial charge in [-0.15, -0.1) is 13.2 Å². The largest absolute Gasteiger partial charge is 0.455 e. The highest BCUT2D eigenvalue weighted by Crippen LogP contribution is 2.61. The monoisotopic (exact) mass is 785 g/mol. The second-order valence-corrected chi connectivity index (χ2v) is 17.7. The van der Waals surface area contributed by atoms with Gasteiger partial charge in [0.2, 0.25) is 17.7 Å². The van der Waals surface area contributed by atoms with Crippen LogP contribution in [0.1, 0.15) is 105 Å². The van der Waals surface area contributed by atoms with Gasteiger partial charge in [0, 0.05) is 36.5 Å². The highest BCUT2D eigenvalue weighted by atomic mass is 79.9. The minimum atomic E-state index is -1.24. The quantitative estimate of drug-likeness (QED) is 0.0733. The Kier molecular flexibility index (Phi) is 14.0. The van der Waals surface area contributed by atoms with Crippen molar-refractivity contribution in [1.82, 2.24) is 15.1 Å². The average Bonchev–Trinajstić information content (AvgIpc) is 3.66. The number of hydrogen-bond acceptors (Lipinski definition) is 7. The molecular formula is C41H60BrN3O7. The molecule has 0 saturated carbocycles. The number of allylic oxidation sites excluding steroid dienone is 1. The molecule has 3 heterocycles. The Morgan fingerprint density at radius 3 is 2.40 bits per heavy atom. The van der Waals surface area contributed by atoms with Crippen LogP contribution in [-0.2, 0) is 28.7 Å². The zero-order valence-corrected chi connectivity index (χ0v) is 33.5. The van der Waals surface area contributed by atoms with Crippen LogP contribution in [0.5, 0.6) is 0 Å². The number of carbonyl (C=O) groups excluding carboxylic acids is 4. The summed E-state index contributed by atoms with van der Waals surface area (Å²) in [5.74, 6) is -3.16. The summed E-state index contributed by atoms with van der Waals surface area (Å²) in [5.41, 5.74) is -1.20. The fourth-order valence-electron chi connectivity index (χ4n) is 8.91. The molecule has 1 unspecified atom stereocenters. The van der Waals surface area contributed by atoms with Gasteiger partial charge in [0.15, 0.2) is 0 Å². The van der Waals surface area contributed by atoms with Gasteiger partial charge in [-0.3, -0.25) is 19.2 Å². The summed E-state index contributed by atoms with van der Waals surface area (Å²) >= 11 is 3.78. The number of esters is 1. The third-order valence-corrected chi connectivity index (χ3v) is 11.5. The zero-order chi connectivity index (χ0) is 38.4. The van der Waals surface area contributed by atoms with Crippen molar-refractivity contribution in [2.75, 3.05) is 19.7 Å². The highest BCUT2D eigenvalue weighted by Gasteiger charge is 2.77. The number of alkyl halides is 1. The predicted octanol–water partition coefficient (Wildman–Crippen LogP) is 6.27. The number of ether oxygens (including phenoxy) is 2. The van der Waals surface area contributed by atoms with E-state index in [0.717, 1.165) is 12.8 Å². The molecule has 1 spiro atoms. The Morgan fingerprint density at radius 1 is 1.12 bits per heavy atom. The standard InChI is InChI=1S/C41H60BrN3O7/c1-9-11-21-30(47)43-27(3)33(28-19-15-14-16-20-28)51-38(50)31-32-36(48)44(23-17-12-13-18-24-46)35(41(32)25-29(42)34(31)52-41)37(49)45(22-10-2)40(7,8)26-39(4,5)6/h9-10,14-16,19-20,27,29,31-35,46H,1-2,11-13,17-18,21-26H2,3-8H3,(H,43,47)/t27-,29?,31+,32-,33-,34+,35+,41-/m1/s1. The molecular weight excluding hydrogens is 726 g/mol. The summed E-state index contributed by atoms with van der Waals surface area (Å²) in [6, 6.07) is 7.73. The molecule has 0 aromatic heterocycles. The zero-order valence-electron chi connectivity index (χ0n) is 31.9. The van der Waals surface area contributed by atoms with E-state index in [1.807, 2.05) is 49.1 Å². The molecule has 52 heavy (non-hydrogen) atoms. The Balaban J connectivity index is 1.72. The van der Waals surface area contributed by atoms with Gasteiger partial charge < -0.3 is 29.7 Å². The third-order valence-electron chi connectivity index (χ3n) is 10.7. The van der Waals surface area contributed by atoms with Crippen LogP contribution in [0.4, 0.5) is 0 Å². The number of fused-ring (bicyclic) bond motifs is 1. The third kappa shape index (κ3) is 9.01. The number of rotatable bonds is 19. The topological polar surface area (TPSA) is 125 Å². The van der Waals surface area contributed by atoms with Crippen LogP contribution in [0.15, 0.2) is 55.6 Å². The lowest BCUT2D eigenvalue weighted by atomic mass is 9.70. The van der Waals surface area contributed by atoms with Crippen molar-refractivity contribution in [1.29, 1.82) is 0 Å². The summed E-state index contributed by atoms with van der Waals surface area (Å²) < 4.78 is 13.1. The first kappa shape index (κ1) is 41.7. The van der Waals surface area contributed by atoms with Crippen LogP contribution in [0, 0.1) is 17.3 Å². The number of halogens is 1. The van der Waals surface area contributed by atoms with Gasteiger partial charge >= 0.3 is 5.97 Å². The Hall–Kier alpha value is -3.02. The summed E-state index contributed by atoms with van der Waals surface area (Å²) in [4.78, 5) is 60.3. The molecule has 0 aliphatic carbocycles. The number of unbranched alkanes of at least 4 members (excludes halogenated alkanes) is 3. The van der Waals surface area contributed by atoms with E-state index in [-0.39, 0.29) is 41.0 Å². The molecule has 1 aromatic rings. The average molecular weight is 787 g/mol. The number of likely N-dealkylation sites (tertiary alicyclic amines) is 1. The van der Waals surface area contributed by atoms with E-state index in [2.05, 4.69) is 55.2 Å². The van der Waals surface area contributed by atoms with Crippen molar-refractivity contribution in [3.63, 3.8) is 0 Å². The molecule has 2 bridgehead atoms. The van der Waals surface area contributed by atoms with Crippen molar-refractivity contribution in [3.05, 3.63) is 61.2 Å². The molecule has 10 nitrogen and oxygen atoms in total. The number of hydrogen-bond donors (Lipinski definition) is 2. The van der Waals surface area contributed by atoms with Crippen molar-refractivity contribution in [2.24, 2.45) is 17.3 Å². The molecule has 4 rings (SSSR count). The van der Waals surface area contributed by atoms with Crippen LogP contribution in [0.25, 0.3) is 0 Å². The first-order valence-electron chi connectivity index (χ1n) is 18.8. The molecule has 3 saturated heterocycles. The first-order chi connectivity index (χ1) is 24.5. The minimum absolute atomic E-state index is 0.0857. The van der Waals surface area contributed by atoms with Gasteiger partial charge in [-0.05, 0) is 63.9 Å². The van der Waals surface area contributed by atoms with Crippen molar-refractivity contribution in [2.45, 2.75) is 133 Å². The molecule has 0 radical (unpaired) electrons. The molecule has 2 N–H and O–H groups in total. The normalized spacial score (nSPS) is 26.4. The van der Waals surface area contributed by atoms with Gasteiger partial charge in [-0.25, -0.2) is 0 Å². The van der Waals surface area contributed by atoms with Gasteiger partial charge in [0.1, 0.15) is 17.7 Å². The molecule has 3 fully saturated rings. The second-order valence-electron chi connectivity index (χ2n) is 16.6. The van der Waals surface area contributed by atoms with E-state index in [0.29, 0.717) is 50.8 Å². The number of nitrogens with one attached hydrogen (secondary N) is 1. The summed E-state index contributed by atoms with van der Waals surface area (Å²) in [5, 5.41) is 12.3. The number of carbonyl (C=O) groups is 4. The minimum Gasteiger partial charge on any atom is -0.455 e. The van der Waals surface area contributed by atoms with Crippen molar-refractivity contribution >= 4 is 39.6 Å². The van der Waals surface area contributed by atoms with Crippen molar-refractivity contribution < 1.29 is 33.8 Å². The van der Waals surface area contributed by atoms with E-state index >= 15 is 4.79 Å². The molecule has 3 amide bonds.